The highest BCUT2D eigenvalue weighted by atomic mass is 35.5. The summed E-state index contributed by atoms with van der Waals surface area (Å²) in [5.41, 5.74) is 4.87. The van der Waals surface area contributed by atoms with Crippen LogP contribution in [0.2, 0.25) is 5.02 Å². The summed E-state index contributed by atoms with van der Waals surface area (Å²) in [5.74, 6) is -0.249. The van der Waals surface area contributed by atoms with Crippen LogP contribution in [0.1, 0.15) is 18.7 Å². The van der Waals surface area contributed by atoms with Crippen LogP contribution in [0.3, 0.4) is 0 Å². The Bertz CT molecular complexity index is 650. The van der Waals surface area contributed by atoms with Gasteiger partial charge in [0.2, 0.25) is 17.6 Å². The highest BCUT2D eigenvalue weighted by Crippen LogP contribution is 2.45. The maximum atomic E-state index is 13.1. The number of hydrogen-bond donors (Lipinski definition) is 1. The Morgan fingerprint density at radius 1 is 1.40 bits per heavy atom. The topological polar surface area (TPSA) is 82.0 Å². The molecule has 3 rings (SSSR count). The summed E-state index contributed by atoms with van der Waals surface area (Å²) in [6.45, 7) is 0. The first-order chi connectivity index (χ1) is 9.51. The quantitative estimate of drug-likeness (QED) is 0.941. The highest BCUT2D eigenvalue weighted by Gasteiger charge is 2.55. The molecule has 1 saturated carbocycles. The van der Waals surface area contributed by atoms with Crippen molar-refractivity contribution in [1.29, 1.82) is 0 Å². The number of aromatic nitrogens is 2. The maximum absolute atomic E-state index is 13.1. The smallest absolute Gasteiger partial charge is 0.242 e. The maximum Gasteiger partial charge on any atom is 0.242 e. The van der Waals surface area contributed by atoms with Crippen LogP contribution in [-0.4, -0.2) is 22.2 Å². The van der Waals surface area contributed by atoms with E-state index >= 15 is 0 Å². The molecule has 20 heavy (non-hydrogen) atoms. The van der Waals surface area contributed by atoms with E-state index in [1.165, 1.54) is 0 Å². The molecule has 0 unspecified atom stereocenters. The molecule has 0 bridgehead atoms. The van der Waals surface area contributed by atoms with E-state index in [-0.39, 0.29) is 18.7 Å². The fourth-order valence-corrected chi connectivity index (χ4v) is 2.44. The Labute approximate surface area is 118 Å². The summed E-state index contributed by atoms with van der Waals surface area (Å²) < 4.78 is 18.2. The zero-order chi connectivity index (χ0) is 14.3. The molecule has 1 aliphatic rings. The van der Waals surface area contributed by atoms with Gasteiger partial charge in [0.25, 0.3) is 0 Å². The van der Waals surface area contributed by atoms with Crippen molar-refractivity contribution < 1.29 is 13.7 Å². The molecule has 1 aromatic heterocycles. The fraction of sp³-hybridized carbons (Fsp3) is 0.308. The molecular weight excluding hydrogens is 285 g/mol. The largest absolute Gasteiger partial charge is 0.369 e. The van der Waals surface area contributed by atoms with Gasteiger partial charge < -0.3 is 10.3 Å². The van der Waals surface area contributed by atoms with Gasteiger partial charge in [-0.15, -0.1) is 0 Å². The minimum Gasteiger partial charge on any atom is -0.369 e. The first-order valence-corrected chi connectivity index (χ1v) is 6.43. The van der Waals surface area contributed by atoms with Gasteiger partial charge in [-0.05, 0) is 24.3 Å². The predicted molar refractivity (Wildman–Crippen MR) is 69.7 cm³/mol. The first kappa shape index (κ1) is 13.1. The fourth-order valence-electron chi connectivity index (χ4n) is 2.31. The summed E-state index contributed by atoms with van der Waals surface area (Å²) in [5, 5.41) is 4.40. The second-order valence-electron chi connectivity index (χ2n) is 4.88. The molecule has 5 nitrogen and oxygen atoms in total. The van der Waals surface area contributed by atoms with Gasteiger partial charge >= 0.3 is 0 Å². The first-order valence-electron chi connectivity index (χ1n) is 6.05. The molecule has 0 aliphatic heterocycles. The third-order valence-electron chi connectivity index (χ3n) is 3.55. The van der Waals surface area contributed by atoms with Crippen LogP contribution < -0.4 is 5.73 Å². The number of carbonyl (C=O) groups excluding carboxylic acids is 1. The molecule has 104 valence electrons. The molecule has 2 aromatic rings. The van der Waals surface area contributed by atoms with E-state index in [0.29, 0.717) is 16.4 Å². The summed E-state index contributed by atoms with van der Waals surface area (Å²) in [6, 6.07) is 6.84. The van der Waals surface area contributed by atoms with Gasteiger partial charge in [-0.3, -0.25) is 4.79 Å². The number of nitrogens with two attached hydrogens (primary N) is 1. The van der Waals surface area contributed by atoms with E-state index in [1.807, 2.05) is 0 Å². The van der Waals surface area contributed by atoms with Gasteiger partial charge in [0.15, 0.2) is 0 Å². The van der Waals surface area contributed by atoms with Crippen molar-refractivity contribution in [2.45, 2.75) is 24.4 Å². The van der Waals surface area contributed by atoms with E-state index in [9.17, 15) is 9.18 Å². The Morgan fingerprint density at radius 2 is 2.05 bits per heavy atom. The van der Waals surface area contributed by atoms with Crippen molar-refractivity contribution >= 4 is 17.5 Å². The Kier molecular flexibility index (Phi) is 2.97. The monoisotopic (exact) mass is 295 g/mol. The van der Waals surface area contributed by atoms with Crippen LogP contribution >= 0.6 is 11.6 Å². The molecule has 0 saturated heterocycles. The molecule has 1 aliphatic carbocycles. The summed E-state index contributed by atoms with van der Waals surface area (Å²) in [4.78, 5) is 15.7. The molecule has 1 fully saturated rings. The number of carbonyl (C=O) groups is 1. The number of alkyl halides is 1. The van der Waals surface area contributed by atoms with Gasteiger partial charge in [-0.25, -0.2) is 4.39 Å². The minimum atomic E-state index is -1.17. The lowest BCUT2D eigenvalue weighted by Gasteiger charge is -2.37. The minimum absolute atomic E-state index is 0.00934. The van der Waals surface area contributed by atoms with E-state index in [2.05, 4.69) is 10.1 Å². The average molecular weight is 296 g/mol. The molecular formula is C13H11ClFN3O2. The lowest BCUT2D eigenvalue weighted by molar-refractivity contribution is -0.130. The average Bonchev–Trinajstić information content (AvgIpc) is 2.85. The lowest BCUT2D eigenvalue weighted by Crippen LogP contribution is -2.52. The molecule has 7 heteroatoms. The van der Waals surface area contributed by atoms with Crippen molar-refractivity contribution in [2.75, 3.05) is 0 Å². The third kappa shape index (κ3) is 1.96. The van der Waals surface area contributed by atoms with E-state index in [1.54, 1.807) is 24.3 Å². The zero-order valence-electron chi connectivity index (χ0n) is 10.3. The molecule has 0 spiro atoms. The number of primary amides is 1. The van der Waals surface area contributed by atoms with Gasteiger partial charge in [-0.1, -0.05) is 16.8 Å². The van der Waals surface area contributed by atoms with Crippen LogP contribution in [0.4, 0.5) is 4.39 Å². The highest BCUT2D eigenvalue weighted by molar-refractivity contribution is 6.30. The molecule has 0 radical (unpaired) electrons. The molecule has 1 heterocycles. The predicted octanol–water partition coefficient (Wildman–Crippen LogP) is 2.25. The van der Waals surface area contributed by atoms with Gasteiger partial charge in [0.05, 0.1) is 0 Å². The van der Waals surface area contributed by atoms with Gasteiger partial charge in [-0.2, -0.15) is 4.98 Å². The molecule has 1 aromatic carbocycles. The van der Waals surface area contributed by atoms with Crippen molar-refractivity contribution in [3.05, 3.63) is 35.2 Å². The third-order valence-corrected chi connectivity index (χ3v) is 3.80. The number of amides is 1. The SMILES string of the molecule is NC(=O)C1(c2nc(-c3ccc(Cl)cc3)no2)CC(F)C1. The molecule has 2 N–H and O–H groups in total. The second-order valence-corrected chi connectivity index (χ2v) is 5.32. The van der Waals surface area contributed by atoms with E-state index in [0.717, 1.165) is 0 Å². The van der Waals surface area contributed by atoms with Crippen molar-refractivity contribution in [1.82, 2.24) is 10.1 Å². The van der Waals surface area contributed by atoms with Gasteiger partial charge in [0, 0.05) is 23.4 Å². The Morgan fingerprint density at radius 3 is 2.60 bits per heavy atom. The van der Waals surface area contributed by atoms with Crippen LogP contribution in [0, 0.1) is 0 Å². The van der Waals surface area contributed by atoms with Crippen LogP contribution in [0.5, 0.6) is 0 Å². The zero-order valence-corrected chi connectivity index (χ0v) is 11.1. The second kappa shape index (κ2) is 4.56. The summed E-state index contributed by atoms with van der Waals surface area (Å²) in [7, 11) is 0. The number of halogens is 2. The van der Waals surface area contributed by atoms with E-state index < -0.39 is 17.5 Å². The normalized spacial score (nSPS) is 25.2. The van der Waals surface area contributed by atoms with Crippen molar-refractivity contribution in [2.24, 2.45) is 5.73 Å². The summed E-state index contributed by atoms with van der Waals surface area (Å²) in [6.07, 6.45) is -1.08. The number of hydrogen-bond acceptors (Lipinski definition) is 4. The standard InChI is InChI=1S/C13H11ClFN3O2/c14-8-3-1-7(2-4-8)10-17-12(20-18-10)13(11(16)19)5-9(15)6-13/h1-4,9H,5-6H2,(H2,16,19). The van der Waals surface area contributed by atoms with Gasteiger partial charge in [0.1, 0.15) is 11.6 Å². The Hall–Kier alpha value is -1.95. The van der Waals surface area contributed by atoms with Crippen molar-refractivity contribution in [3.63, 3.8) is 0 Å². The van der Waals surface area contributed by atoms with Crippen molar-refractivity contribution in [3.8, 4) is 11.4 Å². The molecule has 1 amide bonds. The number of rotatable bonds is 3. The number of benzene rings is 1. The van der Waals surface area contributed by atoms with Crippen LogP contribution in [0.15, 0.2) is 28.8 Å². The van der Waals surface area contributed by atoms with Crippen LogP contribution in [0.25, 0.3) is 11.4 Å². The lowest BCUT2D eigenvalue weighted by atomic mass is 9.66. The molecule has 0 atom stereocenters. The number of nitrogens with zero attached hydrogens (tertiary/aromatic N) is 2. The summed E-state index contributed by atoms with van der Waals surface area (Å²) >= 11 is 5.80. The van der Waals surface area contributed by atoms with E-state index in [4.69, 9.17) is 21.9 Å². The Balaban J connectivity index is 1.94. The van der Waals surface area contributed by atoms with Crippen LogP contribution in [-0.2, 0) is 10.2 Å².